The third kappa shape index (κ3) is 4.82. The molecular weight excluding hydrogens is 469 g/mol. The number of nitrogens with zero attached hydrogens (tertiary/aromatic N) is 3. The van der Waals surface area contributed by atoms with Gasteiger partial charge in [0.2, 0.25) is 0 Å². The SMILES string of the molecule is CCN(C(=O)Nc1ccccc1C(F)(F)F)C(C)c1nc2ccccc2c(=O)n1-c1cccc(C)c1. The largest absolute Gasteiger partial charge is 0.418 e. The first-order valence-corrected chi connectivity index (χ1v) is 11.4. The van der Waals surface area contributed by atoms with Crippen molar-refractivity contribution in [3.63, 3.8) is 0 Å². The van der Waals surface area contributed by atoms with Gasteiger partial charge in [0, 0.05) is 6.54 Å². The monoisotopic (exact) mass is 494 g/mol. The number of aromatic nitrogens is 2. The fourth-order valence-corrected chi connectivity index (χ4v) is 4.21. The molecule has 4 aromatic rings. The minimum Gasteiger partial charge on any atom is -0.315 e. The van der Waals surface area contributed by atoms with Crippen molar-refractivity contribution >= 4 is 22.6 Å². The van der Waals surface area contributed by atoms with Crippen molar-refractivity contribution in [3.8, 4) is 5.69 Å². The molecule has 1 atom stereocenters. The number of rotatable bonds is 5. The minimum atomic E-state index is -4.63. The number of hydrogen-bond donors (Lipinski definition) is 1. The number of urea groups is 1. The smallest absolute Gasteiger partial charge is 0.315 e. The highest BCUT2D eigenvalue weighted by atomic mass is 19.4. The molecule has 0 fully saturated rings. The highest BCUT2D eigenvalue weighted by Gasteiger charge is 2.34. The topological polar surface area (TPSA) is 67.2 Å². The first-order valence-electron chi connectivity index (χ1n) is 11.4. The average Bonchev–Trinajstić information content (AvgIpc) is 2.84. The summed E-state index contributed by atoms with van der Waals surface area (Å²) in [5.41, 5.74) is 0.392. The van der Waals surface area contributed by atoms with Gasteiger partial charge in [-0.25, -0.2) is 9.78 Å². The maximum atomic E-state index is 13.6. The second-order valence-corrected chi connectivity index (χ2v) is 8.40. The summed E-state index contributed by atoms with van der Waals surface area (Å²) in [5.74, 6) is 0.297. The number of carbonyl (C=O) groups is 1. The number of alkyl halides is 3. The highest BCUT2D eigenvalue weighted by Crippen LogP contribution is 2.35. The van der Waals surface area contributed by atoms with E-state index in [0.29, 0.717) is 22.4 Å². The van der Waals surface area contributed by atoms with E-state index in [1.54, 1.807) is 44.2 Å². The zero-order valence-corrected chi connectivity index (χ0v) is 20.0. The Hall–Kier alpha value is -4.14. The fraction of sp³-hybridized carbons (Fsp3) is 0.222. The number of nitrogens with one attached hydrogen (secondary N) is 1. The molecule has 1 N–H and O–H groups in total. The fourth-order valence-electron chi connectivity index (χ4n) is 4.21. The Morgan fingerprint density at radius 1 is 1.06 bits per heavy atom. The first-order chi connectivity index (χ1) is 17.1. The summed E-state index contributed by atoms with van der Waals surface area (Å²) in [6, 6.07) is 17.6. The van der Waals surface area contributed by atoms with E-state index in [1.807, 2.05) is 25.1 Å². The van der Waals surface area contributed by atoms with Gasteiger partial charge in [0.1, 0.15) is 5.82 Å². The van der Waals surface area contributed by atoms with Crippen molar-refractivity contribution in [2.24, 2.45) is 0 Å². The van der Waals surface area contributed by atoms with Gasteiger partial charge in [0.15, 0.2) is 0 Å². The van der Waals surface area contributed by atoms with Crippen LogP contribution in [0.25, 0.3) is 16.6 Å². The van der Waals surface area contributed by atoms with Gasteiger partial charge in [-0.05, 0) is 62.7 Å². The number of fused-ring (bicyclic) bond motifs is 1. The molecule has 186 valence electrons. The van der Waals surface area contributed by atoms with E-state index in [-0.39, 0.29) is 17.8 Å². The normalized spacial score (nSPS) is 12.4. The molecule has 1 unspecified atom stereocenters. The molecule has 0 saturated heterocycles. The molecule has 0 bridgehead atoms. The zero-order chi connectivity index (χ0) is 26.0. The minimum absolute atomic E-state index is 0.164. The maximum absolute atomic E-state index is 13.6. The number of anilines is 1. The summed E-state index contributed by atoms with van der Waals surface area (Å²) >= 11 is 0. The van der Waals surface area contributed by atoms with Crippen LogP contribution in [-0.2, 0) is 6.18 Å². The van der Waals surface area contributed by atoms with Crippen LogP contribution in [0.5, 0.6) is 0 Å². The average molecular weight is 495 g/mol. The van der Waals surface area contributed by atoms with E-state index in [0.717, 1.165) is 11.6 Å². The number of halogens is 3. The predicted octanol–water partition coefficient (Wildman–Crippen LogP) is 6.33. The quantitative estimate of drug-likeness (QED) is 0.353. The molecule has 3 aromatic carbocycles. The van der Waals surface area contributed by atoms with Crippen LogP contribution in [0, 0.1) is 6.92 Å². The lowest BCUT2D eigenvalue weighted by molar-refractivity contribution is -0.136. The van der Waals surface area contributed by atoms with Crippen LogP contribution in [0.2, 0.25) is 0 Å². The molecule has 4 rings (SSSR count). The van der Waals surface area contributed by atoms with E-state index in [2.05, 4.69) is 5.32 Å². The van der Waals surface area contributed by atoms with Crippen LogP contribution in [0.1, 0.15) is 36.8 Å². The lowest BCUT2D eigenvalue weighted by Gasteiger charge is -2.30. The van der Waals surface area contributed by atoms with Gasteiger partial charge in [0.05, 0.1) is 33.9 Å². The maximum Gasteiger partial charge on any atom is 0.418 e. The van der Waals surface area contributed by atoms with Crippen LogP contribution in [-0.4, -0.2) is 27.0 Å². The highest BCUT2D eigenvalue weighted by molar-refractivity contribution is 5.90. The molecule has 0 radical (unpaired) electrons. The number of hydrogen-bond acceptors (Lipinski definition) is 3. The third-order valence-electron chi connectivity index (χ3n) is 5.98. The number of para-hydroxylation sites is 2. The molecule has 2 amide bonds. The van der Waals surface area contributed by atoms with Crippen molar-refractivity contribution in [2.75, 3.05) is 11.9 Å². The Bertz CT molecular complexity index is 1480. The standard InChI is InChI=1S/C27H25F3N4O2/c1-4-33(26(36)32-23-15-8-6-13-21(23)27(28,29)30)18(3)24-31-22-14-7-5-12-20(22)25(35)34(24)19-11-9-10-17(2)16-19/h5-16,18H,4H2,1-3H3,(H,32,36). The first kappa shape index (κ1) is 25.0. The van der Waals surface area contributed by atoms with Crippen LogP contribution in [0.4, 0.5) is 23.7 Å². The Kier molecular flexibility index (Phi) is 6.83. The number of amides is 2. The van der Waals surface area contributed by atoms with Crippen molar-refractivity contribution < 1.29 is 18.0 Å². The van der Waals surface area contributed by atoms with E-state index in [1.165, 1.54) is 27.7 Å². The summed E-state index contributed by atoms with van der Waals surface area (Å²) in [7, 11) is 0. The van der Waals surface area contributed by atoms with Gasteiger partial charge in [-0.3, -0.25) is 9.36 Å². The number of carbonyl (C=O) groups excluding carboxylic acids is 1. The second kappa shape index (κ2) is 9.85. The molecule has 0 aliphatic carbocycles. The Labute approximate surface area is 206 Å². The lowest BCUT2D eigenvalue weighted by atomic mass is 10.1. The molecular formula is C27H25F3N4O2. The summed E-state index contributed by atoms with van der Waals surface area (Å²) in [5, 5.41) is 2.81. The van der Waals surface area contributed by atoms with Gasteiger partial charge in [-0.2, -0.15) is 13.2 Å². The van der Waals surface area contributed by atoms with Crippen molar-refractivity contribution in [3.05, 3.63) is 100 Å². The van der Waals surface area contributed by atoms with E-state index >= 15 is 0 Å². The molecule has 0 spiro atoms. The van der Waals surface area contributed by atoms with Crippen molar-refractivity contribution in [2.45, 2.75) is 33.0 Å². The molecule has 6 nitrogen and oxygen atoms in total. The van der Waals surface area contributed by atoms with Crippen LogP contribution >= 0.6 is 0 Å². The Morgan fingerprint density at radius 2 is 1.75 bits per heavy atom. The Balaban J connectivity index is 1.80. The third-order valence-corrected chi connectivity index (χ3v) is 5.98. The number of aryl methyl sites for hydroxylation is 1. The molecule has 1 aromatic heterocycles. The second-order valence-electron chi connectivity index (χ2n) is 8.40. The lowest BCUT2D eigenvalue weighted by Crippen LogP contribution is -2.40. The molecule has 0 aliphatic rings. The summed E-state index contributed by atoms with van der Waals surface area (Å²) < 4.78 is 41.8. The summed E-state index contributed by atoms with van der Waals surface area (Å²) in [6.07, 6.45) is -4.63. The van der Waals surface area contributed by atoms with Crippen LogP contribution < -0.4 is 10.9 Å². The molecule has 1 heterocycles. The van der Waals surface area contributed by atoms with Gasteiger partial charge >= 0.3 is 12.2 Å². The predicted molar refractivity (Wildman–Crippen MR) is 133 cm³/mol. The molecule has 9 heteroatoms. The summed E-state index contributed by atoms with van der Waals surface area (Å²) in [6.45, 7) is 5.47. The van der Waals surface area contributed by atoms with Crippen molar-refractivity contribution in [1.29, 1.82) is 0 Å². The Morgan fingerprint density at radius 3 is 2.44 bits per heavy atom. The summed E-state index contributed by atoms with van der Waals surface area (Å²) in [4.78, 5) is 32.9. The van der Waals surface area contributed by atoms with E-state index in [9.17, 15) is 22.8 Å². The molecule has 0 aliphatic heterocycles. The number of benzene rings is 3. The molecule has 0 saturated carbocycles. The van der Waals surface area contributed by atoms with Crippen molar-refractivity contribution in [1.82, 2.24) is 14.5 Å². The van der Waals surface area contributed by atoms with Gasteiger partial charge < -0.3 is 10.2 Å². The van der Waals surface area contributed by atoms with Crippen LogP contribution in [0.15, 0.2) is 77.6 Å². The molecule has 36 heavy (non-hydrogen) atoms. The van der Waals surface area contributed by atoms with Crippen LogP contribution in [0.3, 0.4) is 0 Å². The van der Waals surface area contributed by atoms with Gasteiger partial charge in [-0.15, -0.1) is 0 Å². The van der Waals surface area contributed by atoms with E-state index in [4.69, 9.17) is 4.98 Å². The zero-order valence-electron chi connectivity index (χ0n) is 20.0. The van der Waals surface area contributed by atoms with E-state index < -0.39 is 23.8 Å². The van der Waals surface area contributed by atoms with Gasteiger partial charge in [-0.1, -0.05) is 36.4 Å². The van der Waals surface area contributed by atoms with Gasteiger partial charge in [0.25, 0.3) is 5.56 Å².